The SMILES string of the molecule is c1ccc(-c2ccccc2-c2ccccc2-c2ccccc2N(c2cccc(-c3ccc4c5ccccc5n(-c5ccccc5)c4c3)c2)c2cccc(-c3cccc4ccccc34)c2)cc1. The number of hydrogen-bond acceptors (Lipinski definition) is 1. The Morgan fingerprint density at radius 1 is 0.258 bits per heavy atom. The molecule has 0 radical (unpaired) electrons. The zero-order chi connectivity index (χ0) is 43.8. The second-order valence-corrected chi connectivity index (χ2v) is 16.9. The van der Waals surface area contributed by atoms with Crippen LogP contribution >= 0.6 is 0 Å². The second kappa shape index (κ2) is 16.8. The minimum atomic E-state index is 1.07. The first kappa shape index (κ1) is 38.9. The van der Waals surface area contributed by atoms with E-state index in [0.717, 1.165) is 39.4 Å². The van der Waals surface area contributed by atoms with Gasteiger partial charge in [0.15, 0.2) is 0 Å². The molecule has 0 aliphatic heterocycles. The van der Waals surface area contributed by atoms with E-state index in [4.69, 9.17) is 0 Å². The van der Waals surface area contributed by atoms with Crippen LogP contribution in [0.15, 0.2) is 267 Å². The van der Waals surface area contributed by atoms with Gasteiger partial charge >= 0.3 is 0 Å². The van der Waals surface area contributed by atoms with E-state index in [1.54, 1.807) is 0 Å². The van der Waals surface area contributed by atoms with Crippen molar-refractivity contribution < 1.29 is 0 Å². The molecule has 0 bridgehead atoms. The fourth-order valence-electron chi connectivity index (χ4n) is 9.98. The molecule has 12 rings (SSSR count). The highest BCUT2D eigenvalue weighted by atomic mass is 15.1. The lowest BCUT2D eigenvalue weighted by atomic mass is 9.88. The van der Waals surface area contributed by atoms with Gasteiger partial charge in [0.1, 0.15) is 0 Å². The number of nitrogens with zero attached hydrogens (tertiary/aromatic N) is 2. The molecule has 0 unspecified atom stereocenters. The van der Waals surface area contributed by atoms with E-state index in [1.807, 2.05) is 0 Å². The summed E-state index contributed by atoms with van der Waals surface area (Å²) in [7, 11) is 0. The Labute approximate surface area is 385 Å². The van der Waals surface area contributed by atoms with Gasteiger partial charge in [0.2, 0.25) is 0 Å². The predicted octanol–water partition coefficient (Wildman–Crippen LogP) is 17.7. The molecular weight excluding hydrogens is 797 g/mol. The standard InChI is InChI=1S/C64H44N2/c1-3-20-45(21-4-1)54-31-9-10-32-56(54)57-33-11-12-34-58(57)59-35-13-15-38-62(59)65(52-29-18-25-49(43-52)55-37-19-23-46-22-7-8-30-53(46)55)51-28-17-24-47(42-51)48-40-41-61-60-36-14-16-39-63(60)66(64(61)44-48)50-26-5-2-6-27-50/h1-44H. The van der Waals surface area contributed by atoms with Gasteiger partial charge in [-0.25, -0.2) is 0 Å². The van der Waals surface area contributed by atoms with Gasteiger partial charge < -0.3 is 9.47 Å². The Morgan fingerprint density at radius 2 is 0.742 bits per heavy atom. The average Bonchev–Trinajstić information content (AvgIpc) is 3.73. The minimum absolute atomic E-state index is 1.07. The van der Waals surface area contributed by atoms with E-state index in [0.29, 0.717) is 0 Å². The van der Waals surface area contributed by atoms with Gasteiger partial charge in [0.05, 0.1) is 16.7 Å². The van der Waals surface area contributed by atoms with Crippen molar-refractivity contribution in [3.63, 3.8) is 0 Å². The summed E-state index contributed by atoms with van der Waals surface area (Å²) in [5.41, 5.74) is 18.5. The molecule has 2 heteroatoms. The normalized spacial score (nSPS) is 11.3. The van der Waals surface area contributed by atoms with Crippen molar-refractivity contribution in [3.8, 4) is 61.3 Å². The molecule has 310 valence electrons. The summed E-state index contributed by atoms with van der Waals surface area (Å²) in [6, 6.07) is 97.0. The summed E-state index contributed by atoms with van der Waals surface area (Å²) in [6.07, 6.45) is 0. The molecule has 1 heterocycles. The third kappa shape index (κ3) is 6.93. The Morgan fingerprint density at radius 3 is 1.52 bits per heavy atom. The molecule has 66 heavy (non-hydrogen) atoms. The fraction of sp³-hybridized carbons (Fsp3) is 0. The molecule has 0 N–H and O–H groups in total. The Hall–Kier alpha value is -8.72. The lowest BCUT2D eigenvalue weighted by Gasteiger charge is -2.29. The molecule has 0 aliphatic carbocycles. The number of fused-ring (bicyclic) bond motifs is 4. The Bertz CT molecular complexity index is 3710. The third-order valence-electron chi connectivity index (χ3n) is 13.0. The minimum Gasteiger partial charge on any atom is -0.310 e. The quantitative estimate of drug-likeness (QED) is 0.141. The van der Waals surface area contributed by atoms with Gasteiger partial charge in [-0.2, -0.15) is 0 Å². The topological polar surface area (TPSA) is 8.17 Å². The van der Waals surface area contributed by atoms with Gasteiger partial charge in [0.25, 0.3) is 0 Å². The largest absolute Gasteiger partial charge is 0.310 e. The molecule has 0 saturated carbocycles. The van der Waals surface area contributed by atoms with Crippen LogP contribution in [0.2, 0.25) is 0 Å². The summed E-state index contributed by atoms with van der Waals surface area (Å²) in [6.45, 7) is 0. The third-order valence-corrected chi connectivity index (χ3v) is 13.0. The van der Waals surface area contributed by atoms with Crippen LogP contribution in [0.5, 0.6) is 0 Å². The van der Waals surface area contributed by atoms with Crippen LogP contribution in [0, 0.1) is 0 Å². The summed E-state index contributed by atoms with van der Waals surface area (Å²) in [4.78, 5) is 2.45. The maximum Gasteiger partial charge on any atom is 0.0547 e. The molecule has 0 aliphatic rings. The van der Waals surface area contributed by atoms with Crippen molar-refractivity contribution >= 4 is 49.6 Å². The van der Waals surface area contributed by atoms with Crippen LogP contribution in [0.1, 0.15) is 0 Å². The van der Waals surface area contributed by atoms with Gasteiger partial charge in [-0.1, -0.05) is 212 Å². The molecular formula is C64H44N2. The van der Waals surface area contributed by atoms with Crippen molar-refractivity contribution in [2.45, 2.75) is 0 Å². The number of para-hydroxylation sites is 3. The zero-order valence-electron chi connectivity index (χ0n) is 36.3. The molecule has 2 nitrogen and oxygen atoms in total. The molecule has 0 atom stereocenters. The van der Waals surface area contributed by atoms with Crippen molar-refractivity contribution in [2.24, 2.45) is 0 Å². The van der Waals surface area contributed by atoms with Crippen LogP contribution < -0.4 is 4.90 Å². The maximum atomic E-state index is 2.45. The van der Waals surface area contributed by atoms with E-state index in [2.05, 4.69) is 276 Å². The first-order valence-electron chi connectivity index (χ1n) is 22.7. The van der Waals surface area contributed by atoms with E-state index in [-0.39, 0.29) is 0 Å². The van der Waals surface area contributed by atoms with Gasteiger partial charge in [-0.3, -0.25) is 0 Å². The van der Waals surface area contributed by atoms with E-state index in [9.17, 15) is 0 Å². The second-order valence-electron chi connectivity index (χ2n) is 16.9. The fourth-order valence-corrected chi connectivity index (χ4v) is 9.98. The van der Waals surface area contributed by atoms with Crippen LogP contribution in [-0.4, -0.2) is 4.57 Å². The van der Waals surface area contributed by atoms with Gasteiger partial charge in [-0.15, -0.1) is 0 Å². The number of rotatable bonds is 9. The summed E-state index contributed by atoms with van der Waals surface area (Å²) in [5, 5.41) is 4.95. The zero-order valence-corrected chi connectivity index (χ0v) is 36.3. The number of aromatic nitrogens is 1. The van der Waals surface area contributed by atoms with Crippen LogP contribution in [0.4, 0.5) is 17.1 Å². The lowest BCUT2D eigenvalue weighted by Crippen LogP contribution is -2.11. The molecule has 0 spiro atoms. The van der Waals surface area contributed by atoms with E-state index in [1.165, 1.54) is 71.5 Å². The highest BCUT2D eigenvalue weighted by Crippen LogP contribution is 2.47. The van der Waals surface area contributed by atoms with Crippen LogP contribution in [0.25, 0.3) is 93.9 Å². The van der Waals surface area contributed by atoms with Gasteiger partial charge in [-0.05, 0) is 115 Å². The molecule has 0 fully saturated rings. The van der Waals surface area contributed by atoms with Gasteiger partial charge in [0, 0.05) is 33.4 Å². The molecule has 11 aromatic carbocycles. The van der Waals surface area contributed by atoms with Crippen LogP contribution in [-0.2, 0) is 0 Å². The molecule has 12 aromatic rings. The van der Waals surface area contributed by atoms with E-state index >= 15 is 0 Å². The lowest BCUT2D eigenvalue weighted by molar-refractivity contribution is 1.18. The highest BCUT2D eigenvalue weighted by Gasteiger charge is 2.22. The Kier molecular flexibility index (Phi) is 9.89. The first-order valence-corrected chi connectivity index (χ1v) is 22.7. The summed E-state index contributed by atoms with van der Waals surface area (Å²) >= 11 is 0. The predicted molar refractivity (Wildman–Crippen MR) is 280 cm³/mol. The highest BCUT2D eigenvalue weighted by molar-refractivity contribution is 6.10. The monoisotopic (exact) mass is 840 g/mol. The van der Waals surface area contributed by atoms with Crippen molar-refractivity contribution in [1.29, 1.82) is 0 Å². The maximum absolute atomic E-state index is 2.45. The summed E-state index contributed by atoms with van der Waals surface area (Å²) < 4.78 is 2.40. The number of benzene rings is 11. The molecule has 0 saturated heterocycles. The number of hydrogen-bond donors (Lipinski definition) is 0. The molecule has 0 amide bonds. The van der Waals surface area contributed by atoms with Crippen molar-refractivity contribution in [3.05, 3.63) is 267 Å². The number of anilines is 3. The molecule has 1 aromatic heterocycles. The smallest absolute Gasteiger partial charge is 0.0547 e. The van der Waals surface area contributed by atoms with E-state index < -0.39 is 0 Å². The Balaban J connectivity index is 1.06. The summed E-state index contributed by atoms with van der Waals surface area (Å²) in [5.74, 6) is 0. The average molecular weight is 841 g/mol. The van der Waals surface area contributed by atoms with Crippen molar-refractivity contribution in [1.82, 2.24) is 4.57 Å². The van der Waals surface area contributed by atoms with Crippen molar-refractivity contribution in [2.75, 3.05) is 4.90 Å². The first-order chi connectivity index (χ1) is 32.8. The van der Waals surface area contributed by atoms with Crippen LogP contribution in [0.3, 0.4) is 0 Å².